The molecule has 0 unspecified atom stereocenters. The highest BCUT2D eigenvalue weighted by Gasteiger charge is 2.25. The summed E-state index contributed by atoms with van der Waals surface area (Å²) in [4.78, 5) is 21.8. The lowest BCUT2D eigenvalue weighted by molar-refractivity contribution is 0.0895. The first-order chi connectivity index (χ1) is 17.0. The number of fused-ring (bicyclic) bond motifs is 1. The molecule has 1 saturated carbocycles. The minimum absolute atomic E-state index is 0.236. The van der Waals surface area contributed by atoms with Crippen LogP contribution in [-0.2, 0) is 11.3 Å². The molecule has 1 aliphatic carbocycles. The van der Waals surface area contributed by atoms with E-state index in [2.05, 4.69) is 25.5 Å². The summed E-state index contributed by atoms with van der Waals surface area (Å²) >= 11 is 6.04. The van der Waals surface area contributed by atoms with Gasteiger partial charge in [-0.05, 0) is 37.8 Å². The van der Waals surface area contributed by atoms with E-state index in [1.807, 2.05) is 6.92 Å². The van der Waals surface area contributed by atoms with Crippen LogP contribution in [0.4, 0.5) is 11.5 Å². The van der Waals surface area contributed by atoms with Crippen molar-refractivity contribution in [2.75, 3.05) is 12.4 Å². The Labute approximate surface area is 208 Å². The standard InChI is InChI=1S/C24H28ClN7O3/c1-3-17(25)9-10-21(35-2)29-22-19(14-31(30-22)15-20(33)16-7-4-5-8-16)28-24(34)18-13-27-32-12-6-11-26-23(18)32/h3,6,9-14,16,20,33H,4-5,7-8,15H2,1-2H3,(H,28,34)/b10-9-,17-3+,29-21?/t20-/m1/s1. The number of aliphatic hydroxyl groups excluding tert-OH is 1. The van der Waals surface area contributed by atoms with Crippen LogP contribution in [0.5, 0.6) is 0 Å². The SMILES string of the molecule is C/C=C(Cl)\C=C/C(=Nc1nn(C[C@@H](O)C2CCCC2)cc1NC(=O)c1cnn2cccnc12)OC. The number of aliphatic hydroxyl groups is 1. The maximum Gasteiger partial charge on any atom is 0.261 e. The predicted octanol–water partition coefficient (Wildman–Crippen LogP) is 4.10. The molecule has 3 heterocycles. The number of aromatic nitrogens is 5. The molecule has 0 bridgehead atoms. The molecule has 0 aromatic carbocycles. The molecular formula is C24H28ClN7O3. The van der Waals surface area contributed by atoms with E-state index in [4.69, 9.17) is 16.3 Å². The van der Waals surface area contributed by atoms with Crippen LogP contribution in [0.15, 0.2) is 59.1 Å². The van der Waals surface area contributed by atoms with E-state index < -0.39 is 12.0 Å². The first-order valence-electron chi connectivity index (χ1n) is 11.5. The molecule has 0 aliphatic heterocycles. The zero-order valence-electron chi connectivity index (χ0n) is 19.6. The average Bonchev–Trinajstić information content (AvgIpc) is 3.61. The Morgan fingerprint density at radius 1 is 1.40 bits per heavy atom. The van der Waals surface area contributed by atoms with E-state index in [9.17, 15) is 9.90 Å². The van der Waals surface area contributed by atoms with Gasteiger partial charge in [-0.1, -0.05) is 30.5 Å². The van der Waals surface area contributed by atoms with Gasteiger partial charge in [0.2, 0.25) is 11.7 Å². The molecule has 0 radical (unpaired) electrons. The molecule has 3 aromatic rings. The molecule has 10 nitrogen and oxygen atoms in total. The summed E-state index contributed by atoms with van der Waals surface area (Å²) in [5, 5.41) is 22.7. The van der Waals surface area contributed by atoms with Crippen molar-refractivity contribution in [1.82, 2.24) is 24.4 Å². The Hall–Kier alpha value is -3.50. The number of carbonyl (C=O) groups is 1. The summed E-state index contributed by atoms with van der Waals surface area (Å²) in [5.41, 5.74) is 1.11. The number of anilines is 1. The summed E-state index contributed by atoms with van der Waals surface area (Å²) in [6, 6.07) is 1.73. The Bertz CT molecular complexity index is 1270. The third-order valence-electron chi connectivity index (χ3n) is 5.92. The van der Waals surface area contributed by atoms with E-state index in [0.717, 1.165) is 25.7 Å². The summed E-state index contributed by atoms with van der Waals surface area (Å²) < 4.78 is 8.47. The van der Waals surface area contributed by atoms with Crippen molar-refractivity contribution in [1.29, 1.82) is 0 Å². The van der Waals surface area contributed by atoms with Gasteiger partial charge in [-0.15, -0.1) is 0 Å². The van der Waals surface area contributed by atoms with Crippen LogP contribution in [0.25, 0.3) is 5.65 Å². The molecule has 4 rings (SSSR count). The van der Waals surface area contributed by atoms with Crippen LogP contribution in [0.2, 0.25) is 0 Å². The highest BCUT2D eigenvalue weighted by molar-refractivity contribution is 6.31. The minimum Gasteiger partial charge on any atom is -0.481 e. The van der Waals surface area contributed by atoms with Gasteiger partial charge >= 0.3 is 0 Å². The average molecular weight is 498 g/mol. The second kappa shape index (κ2) is 11.3. The monoisotopic (exact) mass is 497 g/mol. The van der Waals surface area contributed by atoms with Gasteiger partial charge in [0.25, 0.3) is 5.91 Å². The first kappa shape index (κ1) is 24.6. The molecule has 1 atom stereocenters. The fraction of sp³-hybridized carbons (Fsp3) is 0.375. The van der Waals surface area contributed by atoms with Crippen molar-refractivity contribution in [3.05, 3.63) is 59.7 Å². The lowest BCUT2D eigenvalue weighted by Crippen LogP contribution is -2.24. The second-order valence-electron chi connectivity index (χ2n) is 8.26. The number of nitrogens with zero attached hydrogens (tertiary/aromatic N) is 6. The number of methoxy groups -OCH3 is 1. The Morgan fingerprint density at radius 3 is 2.94 bits per heavy atom. The van der Waals surface area contributed by atoms with Gasteiger partial charge in [-0.25, -0.2) is 9.50 Å². The minimum atomic E-state index is -0.531. The quantitative estimate of drug-likeness (QED) is 0.274. The largest absolute Gasteiger partial charge is 0.481 e. The van der Waals surface area contributed by atoms with Gasteiger partial charge in [0.05, 0.1) is 32.2 Å². The lowest BCUT2D eigenvalue weighted by Gasteiger charge is -2.17. The molecule has 1 amide bonds. The van der Waals surface area contributed by atoms with E-state index in [1.165, 1.54) is 17.8 Å². The normalized spacial score (nSPS) is 16.3. The highest BCUT2D eigenvalue weighted by Crippen LogP contribution is 2.30. The maximum atomic E-state index is 13.1. The van der Waals surface area contributed by atoms with Crippen molar-refractivity contribution in [2.24, 2.45) is 10.9 Å². The molecule has 1 fully saturated rings. The van der Waals surface area contributed by atoms with Crippen LogP contribution in [0, 0.1) is 5.92 Å². The number of nitrogens with one attached hydrogen (secondary N) is 1. The number of hydrogen-bond acceptors (Lipinski definition) is 7. The number of amides is 1. The fourth-order valence-electron chi connectivity index (χ4n) is 4.04. The van der Waals surface area contributed by atoms with E-state index in [-0.39, 0.29) is 17.6 Å². The second-order valence-corrected chi connectivity index (χ2v) is 8.70. The van der Waals surface area contributed by atoms with Gasteiger partial charge in [-0.3, -0.25) is 9.48 Å². The highest BCUT2D eigenvalue weighted by atomic mass is 35.5. The topological polar surface area (TPSA) is 119 Å². The molecule has 1 aliphatic rings. The van der Waals surface area contributed by atoms with E-state index >= 15 is 0 Å². The van der Waals surface area contributed by atoms with Crippen LogP contribution in [-0.4, -0.2) is 54.5 Å². The zero-order chi connectivity index (χ0) is 24.8. The van der Waals surface area contributed by atoms with Gasteiger partial charge in [0.15, 0.2) is 5.65 Å². The summed E-state index contributed by atoms with van der Waals surface area (Å²) in [5.74, 6) is 0.325. The van der Waals surface area contributed by atoms with Gasteiger partial charge < -0.3 is 15.2 Å². The van der Waals surface area contributed by atoms with Gasteiger partial charge in [0.1, 0.15) is 11.3 Å². The molecule has 0 spiro atoms. The van der Waals surface area contributed by atoms with Crippen molar-refractivity contribution in [3.63, 3.8) is 0 Å². The van der Waals surface area contributed by atoms with Crippen LogP contribution in [0.1, 0.15) is 43.0 Å². The summed E-state index contributed by atoms with van der Waals surface area (Å²) in [6.07, 6.45) is 15.1. The number of halogens is 1. The third-order valence-corrected chi connectivity index (χ3v) is 6.26. The van der Waals surface area contributed by atoms with Crippen molar-refractivity contribution in [2.45, 2.75) is 45.3 Å². The number of hydrogen-bond donors (Lipinski definition) is 2. The number of aliphatic imine (C=N–C) groups is 1. The van der Waals surface area contributed by atoms with Gasteiger partial charge in [0, 0.05) is 23.5 Å². The van der Waals surface area contributed by atoms with E-state index in [1.54, 1.807) is 47.6 Å². The Balaban J connectivity index is 1.63. The van der Waals surface area contributed by atoms with Crippen molar-refractivity contribution < 1.29 is 14.6 Å². The Kier molecular flexibility index (Phi) is 7.94. The zero-order valence-corrected chi connectivity index (χ0v) is 20.4. The molecule has 3 aromatic heterocycles. The number of ether oxygens (including phenoxy) is 1. The van der Waals surface area contributed by atoms with Crippen LogP contribution < -0.4 is 5.32 Å². The molecule has 0 saturated heterocycles. The number of carbonyl (C=O) groups excluding carboxylic acids is 1. The fourth-order valence-corrected chi connectivity index (χ4v) is 4.10. The number of allylic oxidation sites excluding steroid dienone is 3. The lowest BCUT2D eigenvalue weighted by atomic mass is 10.0. The third kappa shape index (κ3) is 5.95. The molecule has 11 heteroatoms. The van der Waals surface area contributed by atoms with Crippen LogP contribution >= 0.6 is 11.6 Å². The molecule has 35 heavy (non-hydrogen) atoms. The van der Waals surface area contributed by atoms with Gasteiger partial charge in [-0.2, -0.15) is 15.2 Å². The smallest absolute Gasteiger partial charge is 0.261 e. The van der Waals surface area contributed by atoms with Crippen molar-refractivity contribution in [3.8, 4) is 0 Å². The van der Waals surface area contributed by atoms with Crippen molar-refractivity contribution >= 4 is 40.6 Å². The maximum absolute atomic E-state index is 13.1. The first-order valence-corrected chi connectivity index (χ1v) is 11.8. The Morgan fingerprint density at radius 2 is 2.20 bits per heavy atom. The number of rotatable bonds is 8. The van der Waals surface area contributed by atoms with Crippen LogP contribution in [0.3, 0.4) is 0 Å². The predicted molar refractivity (Wildman–Crippen MR) is 134 cm³/mol. The molecule has 184 valence electrons. The summed E-state index contributed by atoms with van der Waals surface area (Å²) in [6.45, 7) is 2.11. The molecular weight excluding hydrogens is 470 g/mol. The molecule has 2 N–H and O–H groups in total. The summed E-state index contributed by atoms with van der Waals surface area (Å²) in [7, 11) is 1.48. The van der Waals surface area contributed by atoms with E-state index in [0.29, 0.717) is 28.5 Å².